The fourth-order valence-electron chi connectivity index (χ4n) is 2.71. The van der Waals surface area contributed by atoms with E-state index in [9.17, 15) is 8.42 Å². The number of sulfonamides is 1. The molecule has 0 atom stereocenters. The summed E-state index contributed by atoms with van der Waals surface area (Å²) in [4.78, 5) is 0.169. The van der Waals surface area contributed by atoms with Crippen molar-refractivity contribution in [2.75, 3.05) is 25.4 Å². The van der Waals surface area contributed by atoms with Gasteiger partial charge < -0.3 is 10.5 Å². The average Bonchev–Trinajstić information content (AvgIpc) is 2.40. The molecule has 0 bridgehead atoms. The van der Waals surface area contributed by atoms with E-state index in [1.807, 2.05) is 6.92 Å². The Labute approximate surface area is 127 Å². The van der Waals surface area contributed by atoms with E-state index in [0.717, 1.165) is 12.8 Å². The number of nitrogen functional groups attached to an aromatic ring is 1. The van der Waals surface area contributed by atoms with E-state index in [-0.39, 0.29) is 10.3 Å². The van der Waals surface area contributed by atoms with Gasteiger partial charge in [0.1, 0.15) is 10.6 Å². The van der Waals surface area contributed by atoms with Crippen LogP contribution in [0.1, 0.15) is 33.6 Å². The predicted molar refractivity (Wildman–Crippen MR) is 83.8 cm³/mol. The summed E-state index contributed by atoms with van der Waals surface area (Å²) in [5.41, 5.74) is 6.19. The topological polar surface area (TPSA) is 72.6 Å². The molecule has 0 aromatic heterocycles. The Kier molecular flexibility index (Phi) is 4.49. The van der Waals surface area contributed by atoms with E-state index in [1.54, 1.807) is 16.4 Å². The van der Waals surface area contributed by atoms with Gasteiger partial charge in [0.25, 0.3) is 0 Å². The Morgan fingerprint density at radius 1 is 1.38 bits per heavy atom. The lowest BCUT2D eigenvalue weighted by Gasteiger charge is -2.37. The van der Waals surface area contributed by atoms with Crippen molar-refractivity contribution < 1.29 is 13.2 Å². The van der Waals surface area contributed by atoms with Crippen LogP contribution >= 0.6 is 0 Å². The van der Waals surface area contributed by atoms with E-state index in [0.29, 0.717) is 31.1 Å². The maximum atomic E-state index is 12.9. The first kappa shape index (κ1) is 16.1. The van der Waals surface area contributed by atoms with Crippen molar-refractivity contribution in [1.29, 1.82) is 0 Å². The third kappa shape index (κ3) is 3.49. The second kappa shape index (κ2) is 5.85. The zero-order valence-corrected chi connectivity index (χ0v) is 13.7. The molecule has 1 aliphatic heterocycles. The van der Waals surface area contributed by atoms with E-state index in [2.05, 4.69) is 13.8 Å². The van der Waals surface area contributed by atoms with Crippen molar-refractivity contribution in [2.45, 2.75) is 38.5 Å². The summed E-state index contributed by atoms with van der Waals surface area (Å²) in [5, 5.41) is 0. The Morgan fingerprint density at radius 2 is 2.10 bits per heavy atom. The van der Waals surface area contributed by atoms with Crippen molar-refractivity contribution >= 4 is 15.7 Å². The fourth-order valence-corrected chi connectivity index (χ4v) is 4.55. The van der Waals surface area contributed by atoms with Crippen LogP contribution in [-0.4, -0.2) is 32.4 Å². The van der Waals surface area contributed by atoms with Crippen LogP contribution in [0.15, 0.2) is 23.1 Å². The minimum Gasteiger partial charge on any atom is -0.492 e. The van der Waals surface area contributed by atoms with Gasteiger partial charge in [0.2, 0.25) is 10.0 Å². The first-order valence-corrected chi connectivity index (χ1v) is 8.73. The van der Waals surface area contributed by atoms with Crippen LogP contribution in [0.4, 0.5) is 5.69 Å². The van der Waals surface area contributed by atoms with Crippen LogP contribution in [0, 0.1) is 5.41 Å². The quantitative estimate of drug-likeness (QED) is 0.867. The number of anilines is 1. The van der Waals surface area contributed by atoms with Gasteiger partial charge in [-0.1, -0.05) is 13.8 Å². The lowest BCUT2D eigenvalue weighted by atomic mass is 9.85. The molecule has 2 N–H and O–H groups in total. The summed E-state index contributed by atoms with van der Waals surface area (Å²) >= 11 is 0. The third-order valence-electron chi connectivity index (χ3n) is 3.75. The Morgan fingerprint density at radius 3 is 2.71 bits per heavy atom. The van der Waals surface area contributed by atoms with Gasteiger partial charge in [-0.05, 0) is 43.4 Å². The molecule has 0 saturated carbocycles. The van der Waals surface area contributed by atoms with Crippen LogP contribution in [0.25, 0.3) is 0 Å². The minimum atomic E-state index is -3.58. The third-order valence-corrected chi connectivity index (χ3v) is 5.62. The maximum absolute atomic E-state index is 12.9. The standard InChI is InChI=1S/C15H24N2O3S/c1-4-20-13-7-6-12(16)10-14(13)21(18,19)17-9-5-8-15(2,3)11-17/h6-7,10H,4-5,8-9,11,16H2,1-3H3. The molecule has 0 spiro atoms. The largest absolute Gasteiger partial charge is 0.492 e. The van der Waals surface area contributed by atoms with Crippen LogP contribution in [0.3, 0.4) is 0 Å². The highest BCUT2D eigenvalue weighted by Crippen LogP contribution is 2.35. The van der Waals surface area contributed by atoms with E-state index < -0.39 is 10.0 Å². The zero-order chi connectivity index (χ0) is 15.7. The number of nitrogens with zero attached hydrogens (tertiary/aromatic N) is 1. The van der Waals surface area contributed by atoms with E-state index in [1.165, 1.54) is 6.07 Å². The minimum absolute atomic E-state index is 0.00256. The van der Waals surface area contributed by atoms with E-state index >= 15 is 0 Å². The highest BCUT2D eigenvalue weighted by Gasteiger charge is 2.35. The lowest BCUT2D eigenvalue weighted by molar-refractivity contribution is 0.186. The predicted octanol–water partition coefficient (Wildman–Crippen LogP) is 2.48. The van der Waals surface area contributed by atoms with Gasteiger partial charge >= 0.3 is 0 Å². The molecule has 2 rings (SSSR count). The molecule has 1 aliphatic rings. The van der Waals surface area contributed by atoms with Crippen LogP contribution in [-0.2, 0) is 10.0 Å². The Balaban J connectivity index is 2.41. The van der Waals surface area contributed by atoms with Gasteiger partial charge in [0.05, 0.1) is 6.61 Å². The molecule has 1 saturated heterocycles. The summed E-state index contributed by atoms with van der Waals surface area (Å²) in [6.07, 6.45) is 1.91. The second-order valence-corrected chi connectivity index (χ2v) is 8.15. The molecular formula is C15H24N2O3S. The molecule has 1 aromatic rings. The number of hydrogen-bond acceptors (Lipinski definition) is 4. The van der Waals surface area contributed by atoms with Crippen LogP contribution < -0.4 is 10.5 Å². The highest BCUT2D eigenvalue weighted by molar-refractivity contribution is 7.89. The molecule has 1 heterocycles. The Hall–Kier alpha value is -1.27. The molecule has 0 unspecified atom stereocenters. The monoisotopic (exact) mass is 312 g/mol. The second-order valence-electron chi connectivity index (χ2n) is 6.25. The SMILES string of the molecule is CCOc1ccc(N)cc1S(=O)(=O)N1CCCC(C)(C)C1. The summed E-state index contributed by atoms with van der Waals surface area (Å²) < 4.78 is 32.8. The molecule has 0 amide bonds. The highest BCUT2D eigenvalue weighted by atomic mass is 32.2. The van der Waals surface area contributed by atoms with Crippen LogP contribution in [0.2, 0.25) is 0 Å². The maximum Gasteiger partial charge on any atom is 0.246 e. The number of benzene rings is 1. The molecule has 0 radical (unpaired) electrons. The number of hydrogen-bond donors (Lipinski definition) is 1. The van der Waals surface area contributed by atoms with Gasteiger partial charge in [-0.25, -0.2) is 8.42 Å². The number of piperidine rings is 1. The van der Waals surface area contributed by atoms with Gasteiger partial charge in [-0.2, -0.15) is 4.31 Å². The van der Waals surface area contributed by atoms with Crippen LogP contribution in [0.5, 0.6) is 5.75 Å². The average molecular weight is 312 g/mol. The lowest BCUT2D eigenvalue weighted by Crippen LogP contribution is -2.43. The zero-order valence-electron chi connectivity index (χ0n) is 12.9. The molecule has 0 aliphatic carbocycles. The van der Waals surface area contributed by atoms with Crippen molar-refractivity contribution in [1.82, 2.24) is 4.31 Å². The molecular weight excluding hydrogens is 288 g/mol. The van der Waals surface area contributed by atoms with Crippen molar-refractivity contribution in [3.05, 3.63) is 18.2 Å². The molecule has 6 heteroatoms. The summed E-state index contributed by atoms with van der Waals surface area (Å²) in [5.74, 6) is 0.370. The first-order valence-electron chi connectivity index (χ1n) is 7.29. The molecule has 118 valence electrons. The Bertz CT molecular complexity index is 611. The van der Waals surface area contributed by atoms with Crippen molar-refractivity contribution in [3.63, 3.8) is 0 Å². The molecule has 5 nitrogen and oxygen atoms in total. The van der Waals surface area contributed by atoms with Gasteiger partial charge in [-0.3, -0.25) is 0 Å². The number of nitrogens with two attached hydrogens (primary N) is 1. The molecule has 21 heavy (non-hydrogen) atoms. The number of ether oxygens (including phenoxy) is 1. The normalized spacial score (nSPS) is 19.4. The fraction of sp³-hybridized carbons (Fsp3) is 0.600. The summed E-state index contributed by atoms with van der Waals surface area (Å²) in [7, 11) is -3.58. The smallest absolute Gasteiger partial charge is 0.246 e. The first-order chi connectivity index (χ1) is 9.76. The van der Waals surface area contributed by atoms with E-state index in [4.69, 9.17) is 10.5 Å². The van der Waals surface area contributed by atoms with Crippen molar-refractivity contribution in [3.8, 4) is 5.75 Å². The summed E-state index contributed by atoms with van der Waals surface area (Å²) in [6, 6.07) is 4.77. The molecule has 1 fully saturated rings. The molecule has 1 aromatic carbocycles. The van der Waals surface area contributed by atoms with Gasteiger partial charge in [0, 0.05) is 18.8 Å². The van der Waals surface area contributed by atoms with Gasteiger partial charge in [0.15, 0.2) is 0 Å². The van der Waals surface area contributed by atoms with Gasteiger partial charge in [-0.15, -0.1) is 0 Å². The van der Waals surface area contributed by atoms with Crippen molar-refractivity contribution in [2.24, 2.45) is 5.41 Å². The summed E-state index contributed by atoms with van der Waals surface area (Å²) in [6.45, 7) is 7.51. The number of rotatable bonds is 4.